The van der Waals surface area contributed by atoms with Crippen LogP contribution < -0.4 is 0 Å². The molecule has 2 unspecified atom stereocenters. The van der Waals surface area contributed by atoms with Crippen LogP contribution in [0.2, 0.25) is 0 Å². The van der Waals surface area contributed by atoms with Crippen molar-refractivity contribution in [2.24, 2.45) is 16.7 Å². The van der Waals surface area contributed by atoms with Crippen molar-refractivity contribution in [2.75, 3.05) is 0 Å². The lowest BCUT2D eigenvalue weighted by atomic mass is 9.68. The van der Waals surface area contributed by atoms with E-state index < -0.39 is 42.8 Å². The van der Waals surface area contributed by atoms with E-state index in [9.17, 15) is 43.2 Å². The van der Waals surface area contributed by atoms with Crippen molar-refractivity contribution in [1.82, 2.24) is 0 Å². The zero-order valence-corrected chi connectivity index (χ0v) is 20.5. The second-order valence-corrected chi connectivity index (χ2v) is 13.2. The molecule has 6 nitrogen and oxygen atoms in total. The van der Waals surface area contributed by atoms with Gasteiger partial charge in [0.15, 0.2) is 0 Å². The molecule has 194 valence electrons. The number of allylic oxidation sites excluding steroid dienone is 2. The van der Waals surface area contributed by atoms with Gasteiger partial charge in [0.2, 0.25) is 0 Å². The number of alkyl halides is 6. The van der Waals surface area contributed by atoms with Crippen molar-refractivity contribution in [3.63, 3.8) is 0 Å². The standard InChI is InChI=1S/C19H28F6O6S2/c1-15(2,3)11-14(16(4,5)6)12-7-9-13(10-8-12)31-33(29,30)19(24,25)17(20,21)18(22,23)32(26,27)28/h7-9,13-14H,10-11H2,1-6H3,(H,26,27,28). The van der Waals surface area contributed by atoms with Crippen LogP contribution in [0.15, 0.2) is 23.8 Å². The predicted octanol–water partition coefficient (Wildman–Crippen LogP) is 5.39. The Kier molecular flexibility index (Phi) is 8.00. The van der Waals surface area contributed by atoms with Gasteiger partial charge in [-0.25, -0.2) is 0 Å². The Bertz CT molecular complexity index is 1000. The minimum atomic E-state index is -7.09. The van der Waals surface area contributed by atoms with Crippen LogP contribution in [0, 0.1) is 16.7 Å². The molecule has 0 saturated heterocycles. The van der Waals surface area contributed by atoms with Gasteiger partial charge < -0.3 is 0 Å². The van der Waals surface area contributed by atoms with E-state index >= 15 is 0 Å². The quantitative estimate of drug-likeness (QED) is 0.257. The molecule has 0 radical (unpaired) electrons. The molecule has 0 aliphatic heterocycles. The zero-order valence-electron chi connectivity index (χ0n) is 18.9. The van der Waals surface area contributed by atoms with Gasteiger partial charge >= 0.3 is 36.7 Å². The molecule has 14 heteroatoms. The predicted molar refractivity (Wildman–Crippen MR) is 109 cm³/mol. The van der Waals surface area contributed by atoms with Gasteiger partial charge in [0, 0.05) is 0 Å². The van der Waals surface area contributed by atoms with E-state index in [2.05, 4.69) is 4.18 Å². The van der Waals surface area contributed by atoms with Crippen molar-refractivity contribution in [1.29, 1.82) is 0 Å². The number of hydrogen-bond acceptors (Lipinski definition) is 5. The fourth-order valence-electron chi connectivity index (χ4n) is 3.19. The van der Waals surface area contributed by atoms with E-state index in [0.717, 1.165) is 11.6 Å². The maximum Gasteiger partial charge on any atom is 0.439 e. The highest BCUT2D eigenvalue weighted by Gasteiger charge is 2.82. The fraction of sp³-hybridized carbons (Fsp3) is 0.789. The molecule has 1 rings (SSSR count). The van der Waals surface area contributed by atoms with Crippen LogP contribution in [-0.4, -0.2) is 43.9 Å². The average Bonchev–Trinajstić information content (AvgIpc) is 2.57. The molecule has 0 aromatic carbocycles. The lowest BCUT2D eigenvalue weighted by Crippen LogP contribution is -2.61. The fourth-order valence-corrected chi connectivity index (χ4v) is 4.74. The van der Waals surface area contributed by atoms with Crippen LogP contribution in [0.25, 0.3) is 0 Å². The molecule has 0 aromatic rings. The zero-order chi connectivity index (χ0) is 26.5. The molecule has 0 aromatic heterocycles. The summed E-state index contributed by atoms with van der Waals surface area (Å²) in [6, 6.07) is 0. The Labute approximate surface area is 189 Å². The van der Waals surface area contributed by atoms with E-state index in [1.54, 1.807) is 0 Å². The van der Waals surface area contributed by atoms with Gasteiger partial charge in [0.1, 0.15) is 0 Å². The highest BCUT2D eigenvalue weighted by Crippen LogP contribution is 2.51. The first-order chi connectivity index (χ1) is 14.3. The lowest BCUT2D eigenvalue weighted by Gasteiger charge is -2.37. The minimum absolute atomic E-state index is 0.0504. The molecule has 0 spiro atoms. The van der Waals surface area contributed by atoms with Gasteiger partial charge in [-0.2, -0.15) is 43.2 Å². The lowest BCUT2D eigenvalue weighted by molar-refractivity contribution is -0.248. The molecule has 0 heterocycles. The van der Waals surface area contributed by atoms with Crippen LogP contribution in [0.5, 0.6) is 0 Å². The minimum Gasteiger partial charge on any atom is -0.281 e. The van der Waals surface area contributed by atoms with E-state index in [4.69, 9.17) is 4.55 Å². The van der Waals surface area contributed by atoms with Crippen molar-refractivity contribution >= 4 is 20.2 Å². The number of halogens is 6. The van der Waals surface area contributed by atoms with Crippen LogP contribution in [0.3, 0.4) is 0 Å². The Morgan fingerprint density at radius 3 is 1.79 bits per heavy atom. The summed E-state index contributed by atoms with van der Waals surface area (Å²) >= 11 is 0. The van der Waals surface area contributed by atoms with Gasteiger partial charge in [-0.05, 0) is 35.2 Å². The molecule has 1 N–H and O–H groups in total. The molecule has 0 amide bonds. The summed E-state index contributed by atoms with van der Waals surface area (Å²) in [6.45, 7) is 11.9. The van der Waals surface area contributed by atoms with Gasteiger partial charge in [-0.1, -0.05) is 59.8 Å². The maximum atomic E-state index is 13.9. The second-order valence-electron chi connectivity index (χ2n) is 10.2. The first-order valence-electron chi connectivity index (χ1n) is 9.69. The summed E-state index contributed by atoms with van der Waals surface area (Å²) in [6.07, 6.45) is 2.50. The van der Waals surface area contributed by atoms with E-state index in [0.29, 0.717) is 6.42 Å². The van der Waals surface area contributed by atoms with Crippen molar-refractivity contribution in [3.8, 4) is 0 Å². The van der Waals surface area contributed by atoms with Gasteiger partial charge in [-0.3, -0.25) is 8.74 Å². The third-order valence-corrected chi connectivity index (χ3v) is 7.26. The van der Waals surface area contributed by atoms with E-state index in [1.807, 2.05) is 41.5 Å². The van der Waals surface area contributed by atoms with E-state index in [-0.39, 0.29) is 23.2 Å². The van der Waals surface area contributed by atoms with Crippen LogP contribution in [-0.2, 0) is 24.4 Å². The molecule has 1 aliphatic rings. The van der Waals surface area contributed by atoms with Crippen LogP contribution in [0.1, 0.15) is 54.4 Å². The molecule has 0 bridgehead atoms. The highest BCUT2D eigenvalue weighted by molar-refractivity contribution is 7.88. The van der Waals surface area contributed by atoms with Crippen LogP contribution in [0.4, 0.5) is 26.3 Å². The summed E-state index contributed by atoms with van der Waals surface area (Å²) in [5.74, 6) is -7.08. The molecule has 1 aliphatic carbocycles. The summed E-state index contributed by atoms with van der Waals surface area (Å²) in [4.78, 5) is 0. The molecular formula is C19H28F6O6S2. The third kappa shape index (κ3) is 6.12. The number of rotatable bonds is 8. The van der Waals surface area contributed by atoms with Crippen molar-refractivity contribution in [3.05, 3.63) is 23.8 Å². The van der Waals surface area contributed by atoms with E-state index in [1.165, 1.54) is 12.2 Å². The molecule has 2 atom stereocenters. The Morgan fingerprint density at radius 1 is 0.970 bits per heavy atom. The van der Waals surface area contributed by atoms with Gasteiger partial charge in [0.25, 0.3) is 0 Å². The first-order valence-corrected chi connectivity index (χ1v) is 12.5. The average molecular weight is 531 g/mol. The number of hydrogen-bond donors (Lipinski definition) is 1. The normalized spacial score (nSPS) is 20.5. The SMILES string of the molecule is CC(C)(C)CC(C1=CCC(OS(=O)(=O)C(F)(F)C(F)(F)C(F)(F)S(=O)(=O)O)C=C1)C(C)(C)C. The van der Waals surface area contributed by atoms with Crippen molar-refractivity contribution in [2.45, 2.75) is 76.9 Å². The smallest absolute Gasteiger partial charge is 0.281 e. The third-order valence-electron chi connectivity index (χ3n) is 4.97. The first kappa shape index (κ1) is 29.9. The Morgan fingerprint density at radius 2 is 1.45 bits per heavy atom. The highest BCUT2D eigenvalue weighted by atomic mass is 32.2. The largest absolute Gasteiger partial charge is 0.439 e. The summed E-state index contributed by atoms with van der Waals surface area (Å²) < 4.78 is 139. The Balaban J connectivity index is 3.18. The topological polar surface area (TPSA) is 97.7 Å². The van der Waals surface area contributed by atoms with Gasteiger partial charge in [0.05, 0.1) is 6.10 Å². The molecular weight excluding hydrogens is 502 g/mol. The molecule has 0 saturated carbocycles. The maximum absolute atomic E-state index is 13.9. The van der Waals surface area contributed by atoms with Gasteiger partial charge in [-0.15, -0.1) is 0 Å². The van der Waals surface area contributed by atoms with Crippen LogP contribution >= 0.6 is 0 Å². The Hall–Kier alpha value is -1.12. The second kappa shape index (κ2) is 8.83. The van der Waals surface area contributed by atoms with Crippen molar-refractivity contribution < 1.29 is 51.9 Å². The monoisotopic (exact) mass is 530 g/mol. The molecule has 33 heavy (non-hydrogen) atoms. The summed E-state index contributed by atoms with van der Waals surface area (Å²) in [5, 5.41) is -13.5. The summed E-state index contributed by atoms with van der Waals surface area (Å²) in [5.41, 5.74) is 0.374. The summed E-state index contributed by atoms with van der Waals surface area (Å²) in [7, 11) is -13.9. The molecule has 0 fully saturated rings.